The molecule has 14 heavy (non-hydrogen) atoms. The number of hydrogen-bond acceptors (Lipinski definition) is 1. The number of rotatable bonds is 2. The van der Waals surface area contributed by atoms with E-state index in [4.69, 9.17) is 6.42 Å². The van der Waals surface area contributed by atoms with Crippen molar-refractivity contribution in [1.82, 2.24) is 5.32 Å². The zero-order valence-electron chi connectivity index (χ0n) is 9.93. The van der Waals surface area contributed by atoms with Crippen LogP contribution in [0.4, 0.5) is 0 Å². The highest BCUT2D eigenvalue weighted by Crippen LogP contribution is 2.27. The number of hydrogen-bond donors (Lipinski definition) is 1. The molecular formula is C13H23N. The predicted molar refractivity (Wildman–Crippen MR) is 62.0 cm³/mol. The van der Waals surface area contributed by atoms with Crippen LogP contribution >= 0.6 is 0 Å². The van der Waals surface area contributed by atoms with E-state index in [-0.39, 0.29) is 11.5 Å². The van der Waals surface area contributed by atoms with Gasteiger partial charge in [0.15, 0.2) is 0 Å². The minimum absolute atomic E-state index is 0.167. The molecule has 1 aliphatic rings. The molecule has 80 valence electrons. The first-order chi connectivity index (χ1) is 6.43. The van der Waals surface area contributed by atoms with Gasteiger partial charge in [0.2, 0.25) is 0 Å². The van der Waals surface area contributed by atoms with Crippen LogP contribution in [0.2, 0.25) is 0 Å². The molecular weight excluding hydrogens is 170 g/mol. The molecule has 3 unspecified atom stereocenters. The zero-order chi connectivity index (χ0) is 10.8. The Morgan fingerprint density at radius 3 is 2.36 bits per heavy atom. The van der Waals surface area contributed by atoms with Crippen molar-refractivity contribution in [2.75, 3.05) is 0 Å². The highest BCUT2D eigenvalue weighted by molar-refractivity contribution is 5.06. The monoisotopic (exact) mass is 193 g/mol. The van der Waals surface area contributed by atoms with Gasteiger partial charge in [-0.05, 0) is 30.6 Å². The lowest BCUT2D eigenvalue weighted by Crippen LogP contribution is -2.44. The molecule has 0 aromatic heterocycles. The summed E-state index contributed by atoms with van der Waals surface area (Å²) < 4.78 is 0. The van der Waals surface area contributed by atoms with Gasteiger partial charge >= 0.3 is 0 Å². The second kappa shape index (κ2) is 4.36. The van der Waals surface area contributed by atoms with Gasteiger partial charge in [-0.3, -0.25) is 0 Å². The first-order valence-corrected chi connectivity index (χ1v) is 5.65. The van der Waals surface area contributed by atoms with Gasteiger partial charge in [0.1, 0.15) is 0 Å². The second-order valence-electron chi connectivity index (χ2n) is 5.75. The van der Waals surface area contributed by atoms with Crippen LogP contribution in [0.15, 0.2) is 0 Å². The molecule has 0 aromatic rings. The van der Waals surface area contributed by atoms with Crippen molar-refractivity contribution in [2.45, 2.75) is 59.0 Å². The average Bonchev–Trinajstić information content (AvgIpc) is 2.45. The highest BCUT2D eigenvalue weighted by Gasteiger charge is 2.28. The van der Waals surface area contributed by atoms with Crippen molar-refractivity contribution in [3.8, 4) is 12.3 Å². The van der Waals surface area contributed by atoms with Crippen molar-refractivity contribution < 1.29 is 0 Å². The molecule has 0 spiro atoms. The van der Waals surface area contributed by atoms with Crippen molar-refractivity contribution in [3.05, 3.63) is 0 Å². The van der Waals surface area contributed by atoms with Crippen LogP contribution in [0, 0.1) is 23.7 Å². The normalized spacial score (nSPS) is 29.9. The van der Waals surface area contributed by atoms with Crippen LogP contribution in [0.25, 0.3) is 0 Å². The molecule has 0 aliphatic heterocycles. The van der Waals surface area contributed by atoms with Gasteiger partial charge in [0.05, 0.1) is 6.04 Å². The topological polar surface area (TPSA) is 12.0 Å². The minimum Gasteiger partial charge on any atom is -0.300 e. The minimum atomic E-state index is 0.167. The first-order valence-electron chi connectivity index (χ1n) is 5.65. The Labute approximate surface area is 88.7 Å². The molecule has 1 rings (SSSR count). The SMILES string of the molecule is C#CC(NC1CCC(C)C1)C(C)(C)C. The maximum atomic E-state index is 5.56. The lowest BCUT2D eigenvalue weighted by molar-refractivity contribution is 0.294. The molecule has 1 saturated carbocycles. The van der Waals surface area contributed by atoms with E-state index in [0.717, 1.165) is 5.92 Å². The van der Waals surface area contributed by atoms with E-state index < -0.39 is 0 Å². The van der Waals surface area contributed by atoms with E-state index in [1.165, 1.54) is 19.3 Å². The maximum Gasteiger partial charge on any atom is 0.0738 e. The molecule has 0 bridgehead atoms. The van der Waals surface area contributed by atoms with Crippen LogP contribution in [0.3, 0.4) is 0 Å². The lowest BCUT2D eigenvalue weighted by atomic mass is 9.86. The maximum absolute atomic E-state index is 5.56. The summed E-state index contributed by atoms with van der Waals surface area (Å²) in [7, 11) is 0. The fourth-order valence-electron chi connectivity index (χ4n) is 2.14. The molecule has 0 amide bonds. The summed E-state index contributed by atoms with van der Waals surface area (Å²) in [5.74, 6) is 3.74. The van der Waals surface area contributed by atoms with Crippen LogP contribution in [0.1, 0.15) is 47.0 Å². The summed E-state index contributed by atoms with van der Waals surface area (Å²) in [6, 6.07) is 0.850. The summed E-state index contributed by atoms with van der Waals surface area (Å²) in [4.78, 5) is 0. The fourth-order valence-corrected chi connectivity index (χ4v) is 2.14. The number of terminal acetylenes is 1. The lowest BCUT2D eigenvalue weighted by Gasteiger charge is -2.30. The van der Waals surface area contributed by atoms with Gasteiger partial charge in [0.25, 0.3) is 0 Å². The molecule has 0 radical (unpaired) electrons. The zero-order valence-corrected chi connectivity index (χ0v) is 9.93. The predicted octanol–water partition coefficient (Wildman–Crippen LogP) is 2.81. The highest BCUT2D eigenvalue weighted by atomic mass is 15.0. The van der Waals surface area contributed by atoms with E-state index in [1.54, 1.807) is 0 Å². The molecule has 3 atom stereocenters. The van der Waals surface area contributed by atoms with Crippen molar-refractivity contribution in [3.63, 3.8) is 0 Å². The second-order valence-corrected chi connectivity index (χ2v) is 5.75. The van der Waals surface area contributed by atoms with Crippen molar-refractivity contribution in [2.24, 2.45) is 11.3 Å². The van der Waals surface area contributed by atoms with E-state index in [1.807, 2.05) is 0 Å². The summed E-state index contributed by atoms with van der Waals surface area (Å²) in [5, 5.41) is 3.60. The largest absolute Gasteiger partial charge is 0.300 e. The van der Waals surface area contributed by atoms with Gasteiger partial charge in [-0.2, -0.15) is 0 Å². The number of nitrogens with one attached hydrogen (secondary N) is 1. The molecule has 1 N–H and O–H groups in total. The molecule has 0 saturated heterocycles. The fraction of sp³-hybridized carbons (Fsp3) is 0.846. The Bertz CT molecular complexity index is 218. The molecule has 1 heteroatoms. The molecule has 1 aliphatic carbocycles. The summed E-state index contributed by atoms with van der Waals surface area (Å²) in [5.41, 5.74) is 0.167. The third-order valence-corrected chi connectivity index (χ3v) is 3.13. The summed E-state index contributed by atoms with van der Waals surface area (Å²) in [6.45, 7) is 8.92. The Balaban J connectivity index is 2.46. The Hall–Kier alpha value is -0.480. The van der Waals surface area contributed by atoms with Crippen LogP contribution < -0.4 is 5.32 Å². The van der Waals surface area contributed by atoms with Gasteiger partial charge in [-0.1, -0.05) is 33.6 Å². The summed E-state index contributed by atoms with van der Waals surface area (Å²) in [6.07, 6.45) is 9.48. The van der Waals surface area contributed by atoms with Gasteiger partial charge in [-0.25, -0.2) is 0 Å². The third kappa shape index (κ3) is 3.03. The van der Waals surface area contributed by atoms with E-state index >= 15 is 0 Å². The van der Waals surface area contributed by atoms with Gasteiger partial charge in [-0.15, -0.1) is 6.42 Å². The van der Waals surface area contributed by atoms with Crippen LogP contribution in [-0.2, 0) is 0 Å². The van der Waals surface area contributed by atoms with Gasteiger partial charge in [0, 0.05) is 6.04 Å². The Kier molecular flexibility index (Phi) is 3.61. The quantitative estimate of drug-likeness (QED) is 0.665. The smallest absolute Gasteiger partial charge is 0.0738 e. The van der Waals surface area contributed by atoms with Crippen molar-refractivity contribution in [1.29, 1.82) is 0 Å². The van der Waals surface area contributed by atoms with E-state index in [2.05, 4.69) is 38.9 Å². The first kappa shape index (κ1) is 11.6. The Morgan fingerprint density at radius 2 is 2.00 bits per heavy atom. The van der Waals surface area contributed by atoms with E-state index in [9.17, 15) is 0 Å². The van der Waals surface area contributed by atoms with Crippen LogP contribution in [0.5, 0.6) is 0 Å². The van der Waals surface area contributed by atoms with Crippen LogP contribution in [-0.4, -0.2) is 12.1 Å². The molecule has 0 heterocycles. The molecule has 1 nitrogen and oxygen atoms in total. The summed E-state index contributed by atoms with van der Waals surface area (Å²) >= 11 is 0. The van der Waals surface area contributed by atoms with Crippen molar-refractivity contribution >= 4 is 0 Å². The third-order valence-electron chi connectivity index (χ3n) is 3.13. The van der Waals surface area contributed by atoms with E-state index in [0.29, 0.717) is 6.04 Å². The average molecular weight is 193 g/mol. The Morgan fingerprint density at radius 1 is 1.36 bits per heavy atom. The standard InChI is InChI=1S/C13H23N/c1-6-12(13(3,4)5)14-11-8-7-10(2)9-11/h1,10-12,14H,7-9H2,2-5H3. The molecule has 0 aromatic carbocycles. The van der Waals surface area contributed by atoms with Gasteiger partial charge < -0.3 is 5.32 Å². The molecule has 1 fully saturated rings.